The summed E-state index contributed by atoms with van der Waals surface area (Å²) in [6, 6.07) is 1.22. The Morgan fingerprint density at radius 2 is 2.14 bits per heavy atom. The fraction of sp³-hybridized carbons (Fsp3) is 0.111. The van der Waals surface area contributed by atoms with Crippen molar-refractivity contribution >= 4 is 33.0 Å². The van der Waals surface area contributed by atoms with E-state index in [0.29, 0.717) is 4.70 Å². The zero-order valence-electron chi connectivity index (χ0n) is 7.11. The van der Waals surface area contributed by atoms with Crippen molar-refractivity contribution in [1.82, 2.24) is 0 Å². The van der Waals surface area contributed by atoms with Crippen LogP contribution in [-0.4, -0.2) is 7.11 Å². The van der Waals surface area contributed by atoms with Gasteiger partial charge in [0, 0.05) is 10.1 Å². The van der Waals surface area contributed by atoms with E-state index in [1.165, 1.54) is 24.5 Å². The molecule has 0 aliphatic carbocycles. The minimum atomic E-state index is -0.742. The Kier molecular flexibility index (Phi) is 2.33. The molecule has 1 aromatic carbocycles. The molecule has 74 valence electrons. The molecule has 0 fully saturated rings. The number of methoxy groups -OCH3 is 1. The van der Waals surface area contributed by atoms with E-state index in [-0.39, 0.29) is 10.4 Å². The summed E-state index contributed by atoms with van der Waals surface area (Å²) in [5.74, 6) is -1.84. The van der Waals surface area contributed by atoms with Gasteiger partial charge in [0.05, 0.1) is 17.5 Å². The maximum atomic E-state index is 13.6. The minimum absolute atomic E-state index is 0.218. The first kappa shape index (κ1) is 9.68. The number of hydrogen-bond donors (Lipinski definition) is 0. The van der Waals surface area contributed by atoms with Crippen molar-refractivity contribution in [3.05, 3.63) is 28.1 Å². The SMILES string of the molecule is COc1c(F)cc2scc(Cl)c2c1F. The van der Waals surface area contributed by atoms with Crippen molar-refractivity contribution in [2.75, 3.05) is 7.11 Å². The van der Waals surface area contributed by atoms with Crippen LogP contribution < -0.4 is 4.74 Å². The lowest BCUT2D eigenvalue weighted by Gasteiger charge is -2.04. The standard InChI is InChI=1S/C9H5ClF2OS/c1-13-9-5(11)2-6-7(8(9)12)4(10)3-14-6/h2-3H,1H3. The molecule has 0 saturated heterocycles. The maximum absolute atomic E-state index is 13.6. The molecule has 0 aliphatic heterocycles. The van der Waals surface area contributed by atoms with Crippen LogP contribution in [-0.2, 0) is 0 Å². The van der Waals surface area contributed by atoms with Gasteiger partial charge in [0.1, 0.15) is 0 Å². The Bertz CT molecular complexity index is 495. The molecule has 0 N–H and O–H groups in total. The van der Waals surface area contributed by atoms with Gasteiger partial charge in [0.15, 0.2) is 17.4 Å². The van der Waals surface area contributed by atoms with Gasteiger partial charge in [-0.25, -0.2) is 8.78 Å². The molecule has 0 unspecified atom stereocenters. The maximum Gasteiger partial charge on any atom is 0.191 e. The predicted molar refractivity (Wildman–Crippen MR) is 53.3 cm³/mol. The van der Waals surface area contributed by atoms with Gasteiger partial charge in [-0.15, -0.1) is 11.3 Å². The third kappa shape index (κ3) is 1.26. The predicted octanol–water partition coefficient (Wildman–Crippen LogP) is 3.84. The highest BCUT2D eigenvalue weighted by molar-refractivity contribution is 7.17. The summed E-state index contributed by atoms with van der Waals surface area (Å²) in [7, 11) is 1.22. The molecule has 0 amide bonds. The van der Waals surface area contributed by atoms with Gasteiger partial charge in [-0.3, -0.25) is 0 Å². The van der Waals surface area contributed by atoms with E-state index in [1.54, 1.807) is 5.38 Å². The average Bonchev–Trinajstić information content (AvgIpc) is 2.48. The molecule has 1 aromatic heterocycles. The minimum Gasteiger partial charge on any atom is -0.491 e. The largest absolute Gasteiger partial charge is 0.491 e. The van der Waals surface area contributed by atoms with E-state index in [0.717, 1.165) is 0 Å². The zero-order valence-corrected chi connectivity index (χ0v) is 8.68. The normalized spacial score (nSPS) is 10.9. The number of hydrogen-bond acceptors (Lipinski definition) is 2. The van der Waals surface area contributed by atoms with Crippen LogP contribution in [0.15, 0.2) is 11.4 Å². The number of rotatable bonds is 1. The number of benzene rings is 1. The molecule has 0 atom stereocenters. The zero-order chi connectivity index (χ0) is 10.3. The molecular formula is C9H5ClF2OS. The lowest BCUT2D eigenvalue weighted by atomic mass is 10.2. The quantitative estimate of drug-likeness (QED) is 0.729. The number of fused-ring (bicyclic) bond motifs is 1. The number of halogens is 3. The average molecular weight is 235 g/mol. The molecule has 0 radical (unpaired) electrons. The summed E-state index contributed by atoms with van der Waals surface area (Å²) in [5, 5.41) is 2.06. The van der Waals surface area contributed by atoms with E-state index in [4.69, 9.17) is 11.6 Å². The summed E-state index contributed by atoms with van der Waals surface area (Å²) in [5.41, 5.74) is 0. The van der Waals surface area contributed by atoms with E-state index < -0.39 is 17.4 Å². The second-order valence-corrected chi connectivity index (χ2v) is 3.98. The van der Waals surface area contributed by atoms with Crippen LogP contribution in [0, 0.1) is 11.6 Å². The summed E-state index contributed by atoms with van der Waals surface area (Å²) in [6.07, 6.45) is 0. The van der Waals surface area contributed by atoms with E-state index in [2.05, 4.69) is 4.74 Å². The molecule has 2 aromatic rings. The molecular weight excluding hydrogens is 230 g/mol. The molecule has 2 rings (SSSR count). The third-order valence-electron chi connectivity index (χ3n) is 1.87. The fourth-order valence-corrected chi connectivity index (χ4v) is 2.47. The van der Waals surface area contributed by atoms with Crippen LogP contribution in [0.1, 0.15) is 0 Å². The Labute approximate surface area is 87.9 Å². The van der Waals surface area contributed by atoms with E-state index in [9.17, 15) is 8.78 Å². The summed E-state index contributed by atoms with van der Waals surface area (Å²) in [6.45, 7) is 0. The van der Waals surface area contributed by atoms with Crippen molar-refractivity contribution in [3.8, 4) is 5.75 Å². The van der Waals surface area contributed by atoms with Gasteiger partial charge in [-0.1, -0.05) is 11.6 Å². The Hall–Kier alpha value is -0.870. The number of ether oxygens (including phenoxy) is 1. The van der Waals surface area contributed by atoms with E-state index >= 15 is 0 Å². The first-order chi connectivity index (χ1) is 6.65. The Balaban J connectivity index is 2.89. The van der Waals surface area contributed by atoms with Crippen LogP contribution in [0.25, 0.3) is 10.1 Å². The fourth-order valence-electron chi connectivity index (χ4n) is 1.26. The van der Waals surface area contributed by atoms with Gasteiger partial charge >= 0.3 is 0 Å². The van der Waals surface area contributed by atoms with Crippen LogP contribution in [0.3, 0.4) is 0 Å². The molecule has 5 heteroatoms. The van der Waals surface area contributed by atoms with Gasteiger partial charge in [-0.05, 0) is 6.07 Å². The highest BCUT2D eigenvalue weighted by atomic mass is 35.5. The van der Waals surface area contributed by atoms with Crippen LogP contribution in [0.4, 0.5) is 8.78 Å². The van der Waals surface area contributed by atoms with Crippen LogP contribution >= 0.6 is 22.9 Å². The topological polar surface area (TPSA) is 9.23 Å². The van der Waals surface area contributed by atoms with Gasteiger partial charge in [0.25, 0.3) is 0 Å². The summed E-state index contributed by atoms with van der Waals surface area (Å²) in [4.78, 5) is 0. The van der Waals surface area contributed by atoms with Crippen LogP contribution in [0.2, 0.25) is 5.02 Å². The molecule has 0 spiro atoms. The van der Waals surface area contributed by atoms with Crippen molar-refractivity contribution in [1.29, 1.82) is 0 Å². The molecule has 0 saturated carbocycles. The highest BCUT2D eigenvalue weighted by Crippen LogP contribution is 2.37. The summed E-state index contributed by atoms with van der Waals surface area (Å²) < 4.78 is 31.9. The summed E-state index contributed by atoms with van der Waals surface area (Å²) >= 11 is 6.95. The molecule has 14 heavy (non-hydrogen) atoms. The van der Waals surface area contributed by atoms with Crippen molar-refractivity contribution in [2.45, 2.75) is 0 Å². The first-order valence-electron chi connectivity index (χ1n) is 3.74. The molecule has 1 nitrogen and oxygen atoms in total. The van der Waals surface area contributed by atoms with Crippen molar-refractivity contribution in [2.24, 2.45) is 0 Å². The molecule has 1 heterocycles. The second-order valence-electron chi connectivity index (χ2n) is 2.66. The van der Waals surface area contributed by atoms with E-state index in [1.807, 2.05) is 0 Å². The first-order valence-corrected chi connectivity index (χ1v) is 4.99. The number of thiophene rings is 1. The van der Waals surface area contributed by atoms with Crippen molar-refractivity contribution < 1.29 is 13.5 Å². The lowest BCUT2D eigenvalue weighted by molar-refractivity contribution is 0.362. The molecule has 0 bridgehead atoms. The second kappa shape index (κ2) is 3.37. The molecule has 0 aliphatic rings. The van der Waals surface area contributed by atoms with Gasteiger partial charge in [-0.2, -0.15) is 0 Å². The third-order valence-corrected chi connectivity index (χ3v) is 3.23. The van der Waals surface area contributed by atoms with Gasteiger partial charge < -0.3 is 4.74 Å². The van der Waals surface area contributed by atoms with Crippen LogP contribution in [0.5, 0.6) is 5.75 Å². The lowest BCUT2D eigenvalue weighted by Crippen LogP contribution is -1.92. The highest BCUT2D eigenvalue weighted by Gasteiger charge is 2.17. The van der Waals surface area contributed by atoms with Crippen molar-refractivity contribution in [3.63, 3.8) is 0 Å². The Morgan fingerprint density at radius 1 is 1.43 bits per heavy atom. The monoisotopic (exact) mass is 234 g/mol. The smallest absolute Gasteiger partial charge is 0.191 e. The van der Waals surface area contributed by atoms with Gasteiger partial charge in [0.2, 0.25) is 0 Å². The Morgan fingerprint density at radius 3 is 2.79 bits per heavy atom.